The van der Waals surface area contributed by atoms with Crippen LogP contribution in [0.1, 0.15) is 5.56 Å². The van der Waals surface area contributed by atoms with Gasteiger partial charge in [0.15, 0.2) is 11.5 Å². The summed E-state index contributed by atoms with van der Waals surface area (Å²) in [4.78, 5) is 16.6. The fourth-order valence-electron chi connectivity index (χ4n) is 3.38. The molecule has 0 aromatic heterocycles. The Bertz CT molecular complexity index is 819. The normalized spacial score (nSPS) is 15.6. The van der Waals surface area contributed by atoms with Crippen molar-refractivity contribution in [3.8, 4) is 17.2 Å². The number of amides is 2. The smallest absolute Gasteiger partial charge is 0.317 e. The third kappa shape index (κ3) is 3.72. The molecule has 2 aliphatic heterocycles. The van der Waals surface area contributed by atoms with E-state index in [0.717, 1.165) is 41.6 Å². The highest BCUT2D eigenvalue weighted by molar-refractivity contribution is 5.74. The van der Waals surface area contributed by atoms with E-state index in [4.69, 9.17) is 14.2 Å². The Labute approximate surface area is 158 Å². The molecule has 0 unspecified atom stereocenters. The predicted octanol–water partition coefficient (Wildman–Crippen LogP) is 2.46. The molecule has 0 atom stereocenters. The number of hydrogen-bond acceptors (Lipinski definition) is 5. The van der Waals surface area contributed by atoms with Crippen molar-refractivity contribution in [3.05, 3.63) is 48.0 Å². The quantitative estimate of drug-likeness (QED) is 0.897. The number of rotatable bonds is 4. The van der Waals surface area contributed by atoms with E-state index >= 15 is 0 Å². The minimum atomic E-state index is -0.0488. The molecule has 27 heavy (non-hydrogen) atoms. The van der Waals surface area contributed by atoms with Crippen LogP contribution in [0.2, 0.25) is 0 Å². The average molecular weight is 369 g/mol. The summed E-state index contributed by atoms with van der Waals surface area (Å²) in [6.45, 7) is 3.61. The highest BCUT2D eigenvalue weighted by Gasteiger charge is 2.23. The van der Waals surface area contributed by atoms with Crippen molar-refractivity contribution < 1.29 is 19.0 Å². The summed E-state index contributed by atoms with van der Waals surface area (Å²) in [6.07, 6.45) is 0. The van der Waals surface area contributed by atoms with Crippen molar-refractivity contribution in [2.75, 3.05) is 45.0 Å². The summed E-state index contributed by atoms with van der Waals surface area (Å²) in [5.41, 5.74) is 2.06. The first-order valence-electron chi connectivity index (χ1n) is 9.04. The van der Waals surface area contributed by atoms with Gasteiger partial charge in [-0.05, 0) is 29.8 Å². The van der Waals surface area contributed by atoms with Crippen LogP contribution in [-0.2, 0) is 6.54 Å². The summed E-state index contributed by atoms with van der Waals surface area (Å²) >= 11 is 0. The molecule has 0 aliphatic carbocycles. The second-order valence-electron chi connectivity index (χ2n) is 6.49. The minimum Gasteiger partial charge on any atom is -0.495 e. The topological polar surface area (TPSA) is 63.3 Å². The number of ether oxygens (including phenoxy) is 3. The molecule has 1 saturated heterocycles. The zero-order valence-electron chi connectivity index (χ0n) is 15.3. The van der Waals surface area contributed by atoms with Gasteiger partial charge in [-0.1, -0.05) is 18.2 Å². The number of hydrogen-bond donors (Lipinski definition) is 1. The Morgan fingerprint density at radius 3 is 2.67 bits per heavy atom. The highest BCUT2D eigenvalue weighted by Crippen LogP contribution is 2.32. The Balaban J connectivity index is 1.30. The molecule has 2 aliphatic rings. The van der Waals surface area contributed by atoms with Crippen molar-refractivity contribution in [1.82, 2.24) is 10.2 Å². The Morgan fingerprint density at radius 2 is 1.85 bits per heavy atom. The molecule has 0 saturated carbocycles. The van der Waals surface area contributed by atoms with Crippen molar-refractivity contribution in [2.24, 2.45) is 0 Å². The number of nitrogens with one attached hydrogen (secondary N) is 1. The molecular formula is C20H23N3O4. The van der Waals surface area contributed by atoms with Gasteiger partial charge in [0.1, 0.15) is 5.75 Å². The number of nitrogens with zero attached hydrogens (tertiary/aromatic N) is 2. The standard InChI is InChI=1S/C20H23N3O4/c1-25-17-5-3-2-4-16(17)22-8-10-23(11-9-22)20(24)21-13-15-6-7-18-19(12-15)27-14-26-18/h2-7,12H,8-11,13-14H2,1H3,(H,21,24). The molecule has 1 N–H and O–H groups in total. The monoisotopic (exact) mass is 369 g/mol. The maximum Gasteiger partial charge on any atom is 0.317 e. The number of piperazine rings is 1. The first-order chi connectivity index (χ1) is 13.2. The largest absolute Gasteiger partial charge is 0.495 e. The summed E-state index contributed by atoms with van der Waals surface area (Å²) in [5, 5.41) is 2.98. The molecule has 2 heterocycles. The van der Waals surface area contributed by atoms with Gasteiger partial charge < -0.3 is 29.3 Å². The van der Waals surface area contributed by atoms with Gasteiger partial charge in [0.25, 0.3) is 0 Å². The van der Waals surface area contributed by atoms with Gasteiger partial charge in [-0.3, -0.25) is 0 Å². The van der Waals surface area contributed by atoms with Gasteiger partial charge in [-0.15, -0.1) is 0 Å². The number of fused-ring (bicyclic) bond motifs is 1. The number of methoxy groups -OCH3 is 1. The summed E-state index contributed by atoms with van der Waals surface area (Å²) < 4.78 is 16.1. The number of urea groups is 1. The molecule has 4 rings (SSSR count). The number of para-hydroxylation sites is 2. The number of carbonyl (C=O) groups excluding carboxylic acids is 1. The lowest BCUT2D eigenvalue weighted by Crippen LogP contribution is -2.51. The van der Waals surface area contributed by atoms with E-state index < -0.39 is 0 Å². The van der Waals surface area contributed by atoms with E-state index in [0.29, 0.717) is 19.6 Å². The molecule has 2 aromatic rings. The Hall–Kier alpha value is -3.09. The van der Waals surface area contributed by atoms with Crippen LogP contribution in [0.4, 0.5) is 10.5 Å². The molecule has 7 heteroatoms. The van der Waals surface area contributed by atoms with E-state index in [-0.39, 0.29) is 12.8 Å². The van der Waals surface area contributed by atoms with Gasteiger partial charge in [0, 0.05) is 32.7 Å². The lowest BCUT2D eigenvalue weighted by Gasteiger charge is -2.36. The van der Waals surface area contributed by atoms with E-state index in [2.05, 4.69) is 10.2 Å². The van der Waals surface area contributed by atoms with Gasteiger partial charge >= 0.3 is 6.03 Å². The Morgan fingerprint density at radius 1 is 1.07 bits per heavy atom. The van der Waals surface area contributed by atoms with Crippen molar-refractivity contribution in [1.29, 1.82) is 0 Å². The van der Waals surface area contributed by atoms with Gasteiger partial charge in [0.2, 0.25) is 6.79 Å². The van der Waals surface area contributed by atoms with Crippen LogP contribution in [0.3, 0.4) is 0 Å². The highest BCUT2D eigenvalue weighted by atomic mass is 16.7. The zero-order valence-corrected chi connectivity index (χ0v) is 15.3. The molecule has 7 nitrogen and oxygen atoms in total. The maximum atomic E-state index is 12.5. The van der Waals surface area contributed by atoms with Crippen LogP contribution >= 0.6 is 0 Å². The molecule has 142 valence electrons. The number of carbonyl (C=O) groups is 1. The fraction of sp³-hybridized carbons (Fsp3) is 0.350. The van der Waals surface area contributed by atoms with Crippen LogP contribution in [-0.4, -0.2) is 51.0 Å². The third-order valence-electron chi connectivity index (χ3n) is 4.87. The maximum absolute atomic E-state index is 12.5. The van der Waals surface area contributed by atoms with E-state index in [9.17, 15) is 4.79 Å². The molecular weight excluding hydrogens is 346 g/mol. The Kier molecular flexibility index (Phi) is 4.91. The zero-order chi connectivity index (χ0) is 18.6. The minimum absolute atomic E-state index is 0.0488. The third-order valence-corrected chi connectivity index (χ3v) is 4.87. The van der Waals surface area contributed by atoms with E-state index in [1.807, 2.05) is 47.4 Å². The lowest BCUT2D eigenvalue weighted by molar-refractivity contribution is 0.174. The van der Waals surface area contributed by atoms with Crippen molar-refractivity contribution in [3.63, 3.8) is 0 Å². The van der Waals surface area contributed by atoms with E-state index in [1.54, 1.807) is 7.11 Å². The van der Waals surface area contributed by atoms with E-state index in [1.165, 1.54) is 0 Å². The van der Waals surface area contributed by atoms with Crippen LogP contribution < -0.4 is 24.4 Å². The SMILES string of the molecule is COc1ccccc1N1CCN(C(=O)NCc2ccc3c(c2)OCO3)CC1. The van der Waals surface area contributed by atoms with Gasteiger partial charge in [-0.2, -0.15) is 0 Å². The molecule has 0 radical (unpaired) electrons. The lowest BCUT2D eigenvalue weighted by atomic mass is 10.2. The van der Waals surface area contributed by atoms with Crippen LogP contribution in [0.5, 0.6) is 17.2 Å². The van der Waals surface area contributed by atoms with Crippen LogP contribution in [0.25, 0.3) is 0 Å². The second-order valence-corrected chi connectivity index (χ2v) is 6.49. The fourth-order valence-corrected chi connectivity index (χ4v) is 3.38. The van der Waals surface area contributed by atoms with Crippen molar-refractivity contribution in [2.45, 2.75) is 6.54 Å². The van der Waals surface area contributed by atoms with Crippen LogP contribution in [0.15, 0.2) is 42.5 Å². The molecule has 2 amide bonds. The first kappa shape index (κ1) is 17.3. The van der Waals surface area contributed by atoms with Crippen molar-refractivity contribution >= 4 is 11.7 Å². The predicted molar refractivity (Wildman–Crippen MR) is 102 cm³/mol. The number of benzene rings is 2. The first-order valence-corrected chi connectivity index (χ1v) is 9.04. The molecule has 2 aromatic carbocycles. The summed E-state index contributed by atoms with van der Waals surface area (Å²) in [5.74, 6) is 2.34. The molecule has 0 bridgehead atoms. The van der Waals surface area contributed by atoms with Crippen LogP contribution in [0, 0.1) is 0 Å². The summed E-state index contributed by atoms with van der Waals surface area (Å²) in [7, 11) is 1.68. The number of anilines is 1. The van der Waals surface area contributed by atoms with Gasteiger partial charge in [0.05, 0.1) is 12.8 Å². The second kappa shape index (κ2) is 7.65. The summed E-state index contributed by atoms with van der Waals surface area (Å²) in [6, 6.07) is 13.6. The average Bonchev–Trinajstić information content (AvgIpc) is 3.20. The molecule has 0 spiro atoms. The molecule has 1 fully saturated rings. The van der Waals surface area contributed by atoms with Gasteiger partial charge in [-0.25, -0.2) is 4.79 Å².